The van der Waals surface area contributed by atoms with E-state index in [1.54, 1.807) is 12.1 Å². The molecule has 0 spiro atoms. The molecule has 2 aromatic carbocycles. The van der Waals surface area contributed by atoms with Gasteiger partial charge in [0, 0.05) is 15.6 Å². The molecule has 0 bridgehead atoms. The summed E-state index contributed by atoms with van der Waals surface area (Å²) in [6.07, 6.45) is -4.42. The summed E-state index contributed by atoms with van der Waals surface area (Å²) < 4.78 is 87.4. The van der Waals surface area contributed by atoms with Crippen molar-refractivity contribution in [2.24, 2.45) is 5.92 Å². The maximum atomic E-state index is 14.5. The normalized spacial score (nSPS) is 20.2. The standard InChI is InChI=1S/C22H24F6O2Si/c1-31-13-14-2-4-15(5-3-14)16-6-8-17(9-7-16)21(24,25)29-18-10-11-20(19(23)12-18)30-22(26,27)28/h6-12,14-15H,2-5,13,31H2,1H3/t14-,15-. The van der Waals surface area contributed by atoms with Crippen LogP contribution in [0, 0.1) is 11.7 Å². The average molecular weight is 463 g/mol. The molecular formula is C22H24F6O2Si. The quantitative estimate of drug-likeness (QED) is 0.334. The molecule has 1 fully saturated rings. The maximum absolute atomic E-state index is 14.5. The Morgan fingerprint density at radius 1 is 0.903 bits per heavy atom. The van der Waals surface area contributed by atoms with E-state index in [1.165, 1.54) is 31.0 Å². The van der Waals surface area contributed by atoms with Crippen LogP contribution in [0.5, 0.6) is 11.5 Å². The minimum Gasteiger partial charge on any atom is -0.429 e. The van der Waals surface area contributed by atoms with Crippen LogP contribution in [0.15, 0.2) is 42.5 Å². The number of benzene rings is 2. The van der Waals surface area contributed by atoms with Gasteiger partial charge in [-0.05, 0) is 54.5 Å². The zero-order chi connectivity index (χ0) is 22.6. The van der Waals surface area contributed by atoms with Crippen LogP contribution in [-0.2, 0) is 6.11 Å². The highest BCUT2D eigenvalue weighted by atomic mass is 28.2. The van der Waals surface area contributed by atoms with Crippen LogP contribution >= 0.6 is 0 Å². The van der Waals surface area contributed by atoms with Crippen LogP contribution < -0.4 is 9.47 Å². The van der Waals surface area contributed by atoms with Crippen LogP contribution in [0.4, 0.5) is 26.3 Å². The van der Waals surface area contributed by atoms with Gasteiger partial charge in [-0.1, -0.05) is 37.6 Å². The third-order valence-electron chi connectivity index (χ3n) is 5.64. The summed E-state index contributed by atoms with van der Waals surface area (Å²) in [5, 5.41) is 0. The van der Waals surface area contributed by atoms with Crippen LogP contribution in [0.1, 0.15) is 42.7 Å². The lowest BCUT2D eigenvalue weighted by atomic mass is 9.79. The Hall–Kier alpha value is -2.16. The summed E-state index contributed by atoms with van der Waals surface area (Å²) >= 11 is 0. The lowest BCUT2D eigenvalue weighted by Crippen LogP contribution is -2.22. The zero-order valence-electron chi connectivity index (χ0n) is 17.0. The smallest absolute Gasteiger partial charge is 0.429 e. The van der Waals surface area contributed by atoms with E-state index in [-0.39, 0.29) is 9.52 Å². The fourth-order valence-electron chi connectivity index (χ4n) is 4.10. The SMILES string of the molecule is C[SiH2]C[C@H]1CC[C@H](c2ccc(C(F)(F)Oc3ccc(OC(F)(F)F)c(F)c3)cc2)CC1. The van der Waals surface area contributed by atoms with Crippen molar-refractivity contribution in [3.8, 4) is 11.5 Å². The van der Waals surface area contributed by atoms with Gasteiger partial charge in [0.2, 0.25) is 0 Å². The third-order valence-corrected chi connectivity index (χ3v) is 7.03. The van der Waals surface area contributed by atoms with Crippen molar-refractivity contribution in [2.45, 2.75) is 56.7 Å². The Kier molecular flexibility index (Phi) is 7.23. The fourth-order valence-corrected chi connectivity index (χ4v) is 5.50. The van der Waals surface area contributed by atoms with Gasteiger partial charge in [0.1, 0.15) is 5.75 Å². The number of rotatable bonds is 7. The van der Waals surface area contributed by atoms with Crippen molar-refractivity contribution < 1.29 is 35.8 Å². The molecule has 1 aliphatic carbocycles. The van der Waals surface area contributed by atoms with Gasteiger partial charge >= 0.3 is 12.5 Å². The average Bonchev–Trinajstić information content (AvgIpc) is 2.70. The molecule has 0 aliphatic heterocycles. The van der Waals surface area contributed by atoms with Gasteiger partial charge < -0.3 is 9.47 Å². The van der Waals surface area contributed by atoms with E-state index < -0.39 is 35.4 Å². The first-order chi connectivity index (χ1) is 14.6. The van der Waals surface area contributed by atoms with Crippen molar-refractivity contribution >= 4 is 9.52 Å². The van der Waals surface area contributed by atoms with Gasteiger partial charge in [-0.25, -0.2) is 4.39 Å². The lowest BCUT2D eigenvalue weighted by Gasteiger charge is -2.29. The molecule has 9 heteroatoms. The minimum absolute atomic E-state index is 0.0527. The van der Waals surface area contributed by atoms with Gasteiger partial charge in [0.25, 0.3) is 0 Å². The second-order valence-electron chi connectivity index (χ2n) is 7.89. The molecule has 2 nitrogen and oxygen atoms in total. The highest BCUT2D eigenvalue weighted by molar-refractivity contribution is 6.33. The molecule has 0 saturated heterocycles. The second-order valence-corrected chi connectivity index (χ2v) is 9.46. The van der Waals surface area contributed by atoms with Crippen molar-refractivity contribution in [2.75, 3.05) is 0 Å². The van der Waals surface area contributed by atoms with Crippen LogP contribution in [-0.4, -0.2) is 15.9 Å². The molecule has 0 unspecified atom stereocenters. The monoisotopic (exact) mass is 462 g/mol. The van der Waals surface area contributed by atoms with E-state index in [1.807, 2.05) is 0 Å². The summed E-state index contributed by atoms with van der Waals surface area (Å²) in [4.78, 5) is 0. The summed E-state index contributed by atoms with van der Waals surface area (Å²) in [5.41, 5.74) is 0.587. The predicted molar refractivity (Wildman–Crippen MR) is 108 cm³/mol. The largest absolute Gasteiger partial charge is 0.573 e. The van der Waals surface area contributed by atoms with Gasteiger partial charge in [0.15, 0.2) is 11.6 Å². The van der Waals surface area contributed by atoms with E-state index in [4.69, 9.17) is 0 Å². The van der Waals surface area contributed by atoms with Gasteiger partial charge in [-0.3, -0.25) is 0 Å². The molecule has 0 aromatic heterocycles. The molecule has 0 heterocycles. The molecule has 31 heavy (non-hydrogen) atoms. The van der Waals surface area contributed by atoms with Crippen molar-refractivity contribution in [3.63, 3.8) is 0 Å². The number of halogens is 6. The fraction of sp³-hybridized carbons (Fsp3) is 0.455. The Morgan fingerprint density at radius 2 is 1.55 bits per heavy atom. The second kappa shape index (κ2) is 9.54. The Morgan fingerprint density at radius 3 is 2.10 bits per heavy atom. The number of hydrogen-bond donors (Lipinski definition) is 0. The minimum atomic E-state index is -5.09. The number of hydrogen-bond acceptors (Lipinski definition) is 2. The Balaban J connectivity index is 1.65. The topological polar surface area (TPSA) is 18.5 Å². The van der Waals surface area contributed by atoms with Crippen LogP contribution in [0.3, 0.4) is 0 Å². The third kappa shape index (κ3) is 6.41. The van der Waals surface area contributed by atoms with Gasteiger partial charge in [0.05, 0.1) is 5.56 Å². The molecule has 1 saturated carbocycles. The van der Waals surface area contributed by atoms with E-state index in [0.717, 1.165) is 30.4 Å². The summed E-state index contributed by atoms with van der Waals surface area (Å²) in [5.74, 6) is -2.03. The summed E-state index contributed by atoms with van der Waals surface area (Å²) in [6, 6.07) is 9.05. The Labute approximate surface area is 179 Å². The molecule has 0 N–H and O–H groups in total. The van der Waals surface area contributed by atoms with Crippen LogP contribution in [0.2, 0.25) is 12.6 Å². The molecule has 0 atom stereocenters. The number of alkyl halides is 5. The van der Waals surface area contributed by atoms with Crippen LogP contribution in [0.25, 0.3) is 0 Å². The van der Waals surface area contributed by atoms with E-state index >= 15 is 0 Å². The zero-order valence-corrected chi connectivity index (χ0v) is 18.4. The lowest BCUT2D eigenvalue weighted by molar-refractivity contribution is -0.275. The van der Waals surface area contributed by atoms with Crippen molar-refractivity contribution in [1.29, 1.82) is 0 Å². The first-order valence-corrected chi connectivity index (χ1v) is 12.7. The Bertz CT molecular complexity index is 861. The van der Waals surface area contributed by atoms with Gasteiger partial charge in [-0.15, -0.1) is 13.2 Å². The highest BCUT2D eigenvalue weighted by Crippen LogP contribution is 2.39. The van der Waals surface area contributed by atoms with Gasteiger partial charge in [-0.2, -0.15) is 8.78 Å². The first kappa shape index (κ1) is 23.5. The molecule has 0 radical (unpaired) electrons. The van der Waals surface area contributed by atoms with E-state index in [9.17, 15) is 26.3 Å². The molecule has 0 amide bonds. The van der Waals surface area contributed by atoms with E-state index in [2.05, 4.69) is 16.0 Å². The molecular weight excluding hydrogens is 438 g/mol. The molecule has 170 valence electrons. The maximum Gasteiger partial charge on any atom is 0.573 e. The summed E-state index contributed by atoms with van der Waals surface area (Å²) in [6.45, 7) is 2.31. The van der Waals surface area contributed by atoms with Crippen molar-refractivity contribution in [3.05, 3.63) is 59.4 Å². The highest BCUT2D eigenvalue weighted by Gasteiger charge is 2.36. The predicted octanol–water partition coefficient (Wildman–Crippen LogP) is 6.76. The summed E-state index contributed by atoms with van der Waals surface area (Å²) in [7, 11) is 0.0527. The molecule has 3 rings (SSSR count). The first-order valence-electron chi connectivity index (χ1n) is 10.3. The number of ether oxygens (including phenoxy) is 2. The molecule has 2 aromatic rings. The van der Waals surface area contributed by atoms with Crippen molar-refractivity contribution in [1.82, 2.24) is 0 Å². The molecule has 1 aliphatic rings. The van der Waals surface area contributed by atoms with E-state index in [0.29, 0.717) is 18.1 Å².